The molecule has 5 N–H and O–H groups in total. The minimum Gasteiger partial charge on any atom is -0.368 e. The summed E-state index contributed by atoms with van der Waals surface area (Å²) < 4.78 is 1.64. The zero-order valence-electron chi connectivity index (χ0n) is 12.0. The molecule has 1 rings (SSSR count). The zero-order chi connectivity index (χ0) is 15.2. The smallest absolute Gasteiger partial charge is 0.343 e. The van der Waals surface area contributed by atoms with Gasteiger partial charge in [0, 0.05) is 12.3 Å². The quantitative estimate of drug-likeness (QED) is 0.452. The van der Waals surface area contributed by atoms with E-state index in [1.807, 2.05) is 6.92 Å². The fraction of sp³-hybridized carbons (Fsp3) is 0.750. The maximum Gasteiger partial charge on any atom is 0.343 e. The molecule has 0 fully saturated rings. The first-order valence-corrected chi connectivity index (χ1v) is 7.74. The Morgan fingerprint density at radius 3 is 2.80 bits per heavy atom. The van der Waals surface area contributed by atoms with Crippen molar-refractivity contribution in [3.63, 3.8) is 0 Å². The number of unbranched alkanes of at least 4 members (excludes halogenated alkanes) is 1. The number of carbonyl (C=O) groups is 1. The third-order valence-electron chi connectivity index (χ3n) is 3.05. The summed E-state index contributed by atoms with van der Waals surface area (Å²) >= 11 is 1.53. The number of nitrogens with two attached hydrogens (primary N) is 2. The second kappa shape index (κ2) is 7.49. The third-order valence-corrected chi connectivity index (χ3v) is 4.12. The average Bonchev–Trinajstić information content (AvgIpc) is 2.71. The van der Waals surface area contributed by atoms with Gasteiger partial charge in [0.1, 0.15) is 0 Å². The predicted molar refractivity (Wildman–Crippen MR) is 79.5 cm³/mol. The number of aromatic nitrogens is 3. The van der Waals surface area contributed by atoms with Crippen LogP contribution in [0.4, 0.5) is 0 Å². The monoisotopic (exact) mass is 301 g/mol. The van der Waals surface area contributed by atoms with Crippen LogP contribution in [0.2, 0.25) is 0 Å². The third kappa shape index (κ3) is 4.68. The van der Waals surface area contributed by atoms with Gasteiger partial charge >= 0.3 is 5.69 Å². The van der Waals surface area contributed by atoms with Gasteiger partial charge in [-0.3, -0.25) is 9.36 Å². The lowest BCUT2D eigenvalue weighted by atomic mass is 9.96. The number of nitrogens with one attached hydrogen (secondary N) is 1. The minimum atomic E-state index is -0.943. The number of carbonyl (C=O) groups excluding carboxylic acids is 1. The molecule has 1 aromatic heterocycles. The van der Waals surface area contributed by atoms with E-state index < -0.39 is 11.4 Å². The van der Waals surface area contributed by atoms with Crippen molar-refractivity contribution in [2.75, 3.05) is 5.75 Å². The zero-order valence-corrected chi connectivity index (χ0v) is 12.8. The first-order chi connectivity index (χ1) is 9.38. The molecule has 114 valence electrons. The van der Waals surface area contributed by atoms with E-state index in [-0.39, 0.29) is 5.69 Å². The van der Waals surface area contributed by atoms with Crippen LogP contribution < -0.4 is 17.2 Å². The summed E-state index contributed by atoms with van der Waals surface area (Å²) in [6, 6.07) is 0. The van der Waals surface area contributed by atoms with Crippen molar-refractivity contribution in [2.45, 2.75) is 56.8 Å². The van der Waals surface area contributed by atoms with Gasteiger partial charge in [0.15, 0.2) is 5.16 Å². The largest absolute Gasteiger partial charge is 0.368 e. The Kier molecular flexibility index (Phi) is 6.28. The summed E-state index contributed by atoms with van der Waals surface area (Å²) in [6.07, 6.45) is 3.14. The molecule has 1 atom stereocenters. The molecule has 0 aliphatic heterocycles. The highest BCUT2D eigenvalue weighted by Crippen LogP contribution is 2.17. The highest BCUT2D eigenvalue weighted by Gasteiger charge is 2.24. The molecule has 0 aliphatic rings. The lowest BCUT2D eigenvalue weighted by Crippen LogP contribution is -2.49. The van der Waals surface area contributed by atoms with Crippen LogP contribution in [0.15, 0.2) is 9.95 Å². The Bertz CT molecular complexity index is 494. The van der Waals surface area contributed by atoms with Crippen molar-refractivity contribution in [3.8, 4) is 0 Å². The normalized spacial score (nSPS) is 14.2. The lowest BCUT2D eigenvalue weighted by molar-refractivity contribution is -0.122. The molecule has 0 bridgehead atoms. The number of nitrogens with zero attached hydrogens (tertiary/aromatic N) is 2. The Balaban J connectivity index is 2.35. The molecule has 1 unspecified atom stereocenters. The van der Waals surface area contributed by atoms with Gasteiger partial charge in [-0.15, -0.1) is 5.10 Å². The summed E-state index contributed by atoms with van der Waals surface area (Å²) in [5, 5.41) is 7.17. The second-order valence-electron chi connectivity index (χ2n) is 5.05. The molecule has 1 amide bonds. The SMILES string of the molecule is CCCn1c(SCCCCC(C)(N)C(N)=O)n[nH]c1=O. The lowest BCUT2D eigenvalue weighted by Gasteiger charge is -2.19. The van der Waals surface area contributed by atoms with E-state index in [0.717, 1.165) is 25.0 Å². The van der Waals surface area contributed by atoms with Gasteiger partial charge in [0.05, 0.1) is 5.54 Å². The van der Waals surface area contributed by atoms with Gasteiger partial charge in [-0.1, -0.05) is 25.1 Å². The molecule has 7 nitrogen and oxygen atoms in total. The van der Waals surface area contributed by atoms with Gasteiger partial charge in [-0.2, -0.15) is 0 Å². The Labute approximate surface area is 122 Å². The Hall–Kier alpha value is -1.28. The number of rotatable bonds is 9. The van der Waals surface area contributed by atoms with Gasteiger partial charge in [-0.05, 0) is 26.2 Å². The summed E-state index contributed by atoms with van der Waals surface area (Å²) in [4.78, 5) is 22.6. The molecule has 20 heavy (non-hydrogen) atoms. The molecule has 0 saturated heterocycles. The first kappa shape index (κ1) is 16.8. The van der Waals surface area contributed by atoms with Crippen LogP contribution in [-0.4, -0.2) is 32.0 Å². The van der Waals surface area contributed by atoms with Gasteiger partial charge in [0.2, 0.25) is 5.91 Å². The molecule has 0 aliphatic carbocycles. The summed E-state index contributed by atoms with van der Waals surface area (Å²) in [5.74, 6) is 0.345. The molecule has 1 heterocycles. The Morgan fingerprint density at radius 1 is 1.50 bits per heavy atom. The second-order valence-corrected chi connectivity index (χ2v) is 6.11. The summed E-state index contributed by atoms with van der Waals surface area (Å²) in [5.41, 5.74) is 9.87. The first-order valence-electron chi connectivity index (χ1n) is 6.75. The maximum atomic E-state index is 11.5. The van der Waals surface area contributed by atoms with E-state index in [1.54, 1.807) is 11.5 Å². The molecule has 0 saturated carbocycles. The predicted octanol–water partition coefficient (Wildman–Crippen LogP) is 0.447. The molecule has 1 aromatic rings. The topological polar surface area (TPSA) is 120 Å². The van der Waals surface area contributed by atoms with E-state index >= 15 is 0 Å². The highest BCUT2D eigenvalue weighted by molar-refractivity contribution is 7.99. The van der Waals surface area contributed by atoms with Crippen molar-refractivity contribution in [2.24, 2.45) is 11.5 Å². The number of primary amides is 1. The fourth-order valence-corrected chi connectivity index (χ4v) is 2.69. The van der Waals surface area contributed by atoms with Crippen LogP contribution >= 0.6 is 11.8 Å². The maximum absolute atomic E-state index is 11.5. The highest BCUT2D eigenvalue weighted by atomic mass is 32.2. The van der Waals surface area contributed by atoms with E-state index in [9.17, 15) is 9.59 Å². The Morgan fingerprint density at radius 2 is 2.20 bits per heavy atom. The van der Waals surface area contributed by atoms with E-state index in [4.69, 9.17) is 11.5 Å². The standard InChI is InChI=1S/C12H23N5O2S/c1-3-7-17-10(19)15-16-11(17)20-8-5-4-6-12(2,14)9(13)18/h3-8,14H2,1-2H3,(H2,13,18)(H,15,19). The van der Waals surface area contributed by atoms with Gasteiger partial charge < -0.3 is 11.5 Å². The van der Waals surface area contributed by atoms with Crippen molar-refractivity contribution >= 4 is 17.7 Å². The fourth-order valence-electron chi connectivity index (χ4n) is 1.72. The number of H-pyrrole nitrogens is 1. The number of amides is 1. The number of aromatic amines is 1. The molecular formula is C12H23N5O2S. The molecule has 0 aromatic carbocycles. The van der Waals surface area contributed by atoms with Gasteiger partial charge in [-0.25, -0.2) is 9.89 Å². The van der Waals surface area contributed by atoms with Crippen molar-refractivity contribution in [1.82, 2.24) is 14.8 Å². The van der Waals surface area contributed by atoms with Crippen LogP contribution in [-0.2, 0) is 11.3 Å². The van der Waals surface area contributed by atoms with E-state index in [2.05, 4.69) is 10.2 Å². The van der Waals surface area contributed by atoms with Crippen LogP contribution in [0.5, 0.6) is 0 Å². The van der Waals surface area contributed by atoms with Gasteiger partial charge in [0.25, 0.3) is 0 Å². The van der Waals surface area contributed by atoms with E-state index in [0.29, 0.717) is 18.1 Å². The summed E-state index contributed by atoms with van der Waals surface area (Å²) in [6.45, 7) is 4.33. The molecule has 0 radical (unpaired) electrons. The van der Waals surface area contributed by atoms with Crippen molar-refractivity contribution in [1.29, 1.82) is 0 Å². The molecule has 0 spiro atoms. The number of thioether (sulfide) groups is 1. The van der Waals surface area contributed by atoms with Crippen LogP contribution in [0.25, 0.3) is 0 Å². The average molecular weight is 301 g/mol. The van der Waals surface area contributed by atoms with Crippen molar-refractivity contribution < 1.29 is 4.79 Å². The van der Waals surface area contributed by atoms with Crippen LogP contribution in [0, 0.1) is 0 Å². The van der Waals surface area contributed by atoms with Crippen molar-refractivity contribution in [3.05, 3.63) is 10.5 Å². The minimum absolute atomic E-state index is 0.169. The number of hydrogen-bond donors (Lipinski definition) is 3. The van der Waals surface area contributed by atoms with E-state index in [1.165, 1.54) is 11.8 Å². The number of hydrogen-bond acceptors (Lipinski definition) is 5. The van der Waals surface area contributed by atoms with Crippen LogP contribution in [0.3, 0.4) is 0 Å². The van der Waals surface area contributed by atoms with Crippen LogP contribution in [0.1, 0.15) is 39.5 Å². The molecular weight excluding hydrogens is 278 g/mol. The summed E-state index contributed by atoms with van der Waals surface area (Å²) in [7, 11) is 0. The molecule has 8 heteroatoms.